The molecule has 6 heteroatoms. The number of hydrogen-bond acceptors (Lipinski definition) is 5. The molecule has 1 spiro atoms. The number of Topliss-reactive ketones (excluding diaryl/α,β-unsaturated/α-hetero) is 1. The first-order valence-electron chi connectivity index (χ1n) is 12.4. The van der Waals surface area contributed by atoms with E-state index in [1.165, 1.54) is 12.0 Å². The highest BCUT2D eigenvalue weighted by molar-refractivity contribution is 6.15. The van der Waals surface area contributed by atoms with Gasteiger partial charge in [-0.25, -0.2) is 4.98 Å². The van der Waals surface area contributed by atoms with Crippen LogP contribution >= 0.6 is 0 Å². The van der Waals surface area contributed by atoms with Gasteiger partial charge in [-0.1, -0.05) is 85.0 Å². The van der Waals surface area contributed by atoms with Crippen LogP contribution in [0.4, 0.5) is 5.82 Å². The molecule has 6 rings (SSSR count). The molecule has 37 heavy (non-hydrogen) atoms. The van der Waals surface area contributed by atoms with Crippen molar-refractivity contribution >= 4 is 29.4 Å². The predicted molar refractivity (Wildman–Crippen MR) is 140 cm³/mol. The molecule has 2 heterocycles. The molecule has 1 aliphatic heterocycles. The zero-order valence-corrected chi connectivity index (χ0v) is 20.4. The quantitative estimate of drug-likeness (QED) is 0.476. The van der Waals surface area contributed by atoms with Gasteiger partial charge in [0.25, 0.3) is 0 Å². The molecule has 1 amide bonds. The van der Waals surface area contributed by atoms with Crippen molar-refractivity contribution in [1.29, 1.82) is 0 Å². The van der Waals surface area contributed by atoms with E-state index in [1.54, 1.807) is 30.5 Å². The van der Waals surface area contributed by atoms with Gasteiger partial charge in [0.05, 0.1) is 5.41 Å². The minimum atomic E-state index is -1.30. The second kappa shape index (κ2) is 9.05. The smallest absolute Gasteiger partial charge is 0.242 e. The lowest BCUT2D eigenvalue weighted by Gasteiger charge is -2.35. The van der Waals surface area contributed by atoms with E-state index >= 15 is 0 Å². The maximum atomic E-state index is 14.6. The van der Waals surface area contributed by atoms with E-state index in [0.717, 1.165) is 5.56 Å². The monoisotopic (exact) mass is 490 g/mol. The Morgan fingerprint density at radius 1 is 1.03 bits per heavy atom. The summed E-state index contributed by atoms with van der Waals surface area (Å²) in [5, 5.41) is 0. The van der Waals surface area contributed by atoms with Crippen molar-refractivity contribution in [3.8, 4) is 0 Å². The summed E-state index contributed by atoms with van der Waals surface area (Å²) in [7, 11) is 1.52. The Morgan fingerprint density at radius 2 is 1.76 bits per heavy atom. The molecule has 5 atom stereocenters. The van der Waals surface area contributed by atoms with Gasteiger partial charge < -0.3 is 4.74 Å². The summed E-state index contributed by atoms with van der Waals surface area (Å²) < 4.78 is 5.40. The van der Waals surface area contributed by atoms with Crippen LogP contribution in [-0.4, -0.2) is 36.3 Å². The molecule has 1 saturated carbocycles. The van der Waals surface area contributed by atoms with E-state index in [1.807, 2.05) is 72.8 Å². The highest BCUT2D eigenvalue weighted by Crippen LogP contribution is 2.64. The molecule has 0 bridgehead atoms. The van der Waals surface area contributed by atoms with E-state index < -0.39 is 29.1 Å². The SMILES string of the molecule is COCN1C(=O)[C@@]2(c3cccnc31)[C@H](/C=C/c1ccccc1)[C@H]1C(=O)C=C[C@H]1[C@@H]2C(=O)c1ccccc1. The minimum absolute atomic E-state index is 0.00504. The van der Waals surface area contributed by atoms with Crippen LogP contribution in [0.25, 0.3) is 6.08 Å². The number of carbonyl (C=O) groups is 3. The van der Waals surface area contributed by atoms with Crippen LogP contribution in [-0.2, 0) is 19.7 Å². The maximum Gasteiger partial charge on any atom is 0.242 e. The van der Waals surface area contributed by atoms with Gasteiger partial charge in [0, 0.05) is 42.2 Å². The van der Waals surface area contributed by atoms with Crippen LogP contribution in [0, 0.1) is 23.7 Å². The molecule has 3 aromatic rings. The van der Waals surface area contributed by atoms with Crippen molar-refractivity contribution in [3.63, 3.8) is 0 Å². The summed E-state index contributed by atoms with van der Waals surface area (Å²) in [6.45, 7) is 0.00504. The van der Waals surface area contributed by atoms with Crippen LogP contribution in [0.3, 0.4) is 0 Å². The Kier molecular flexibility index (Phi) is 5.69. The molecule has 184 valence electrons. The zero-order valence-electron chi connectivity index (χ0n) is 20.4. The number of nitrogens with zero attached hydrogens (tertiary/aromatic N) is 2. The summed E-state index contributed by atoms with van der Waals surface area (Å²) in [5.74, 6) is -2.24. The Bertz CT molecular complexity index is 1430. The number of hydrogen-bond donors (Lipinski definition) is 0. The Balaban J connectivity index is 1.61. The van der Waals surface area contributed by atoms with Crippen LogP contribution in [0.1, 0.15) is 21.5 Å². The highest BCUT2D eigenvalue weighted by atomic mass is 16.5. The lowest BCUT2D eigenvalue weighted by Crippen LogP contribution is -2.50. The number of amides is 1. The van der Waals surface area contributed by atoms with Crippen molar-refractivity contribution < 1.29 is 19.1 Å². The van der Waals surface area contributed by atoms with E-state index in [9.17, 15) is 14.4 Å². The van der Waals surface area contributed by atoms with Gasteiger partial charge >= 0.3 is 0 Å². The normalized spacial score (nSPS) is 27.9. The minimum Gasteiger partial charge on any atom is -0.364 e. The third-order valence-corrected chi connectivity index (χ3v) is 8.00. The first-order chi connectivity index (χ1) is 18.1. The van der Waals surface area contributed by atoms with Gasteiger partial charge in [0.15, 0.2) is 11.6 Å². The van der Waals surface area contributed by atoms with Crippen LogP contribution in [0.5, 0.6) is 0 Å². The average molecular weight is 491 g/mol. The largest absolute Gasteiger partial charge is 0.364 e. The van der Waals surface area contributed by atoms with Gasteiger partial charge in [-0.3, -0.25) is 19.3 Å². The second-order valence-electron chi connectivity index (χ2n) is 9.76. The second-order valence-corrected chi connectivity index (χ2v) is 9.76. The molecule has 0 saturated heterocycles. The summed E-state index contributed by atoms with van der Waals surface area (Å²) in [6, 6.07) is 22.5. The van der Waals surface area contributed by atoms with E-state index in [2.05, 4.69) is 4.98 Å². The summed E-state index contributed by atoms with van der Waals surface area (Å²) in [5.41, 5.74) is 0.853. The number of benzene rings is 2. The van der Waals surface area contributed by atoms with Crippen molar-refractivity contribution in [2.24, 2.45) is 23.7 Å². The maximum absolute atomic E-state index is 14.6. The molecule has 0 radical (unpaired) electrons. The van der Waals surface area contributed by atoms with Gasteiger partial charge in [-0.05, 0) is 23.6 Å². The molecular weight excluding hydrogens is 464 g/mol. The number of carbonyl (C=O) groups excluding carboxylic acids is 3. The number of anilines is 1. The Hall–Kier alpha value is -4.16. The van der Waals surface area contributed by atoms with E-state index in [-0.39, 0.29) is 24.2 Å². The topological polar surface area (TPSA) is 76.6 Å². The van der Waals surface area contributed by atoms with E-state index in [0.29, 0.717) is 16.9 Å². The standard InChI is InChI=1S/C31H26N2O4/c1-37-19-33-29-24(13-8-18-32-29)31(30(33)36)23(16-14-20-9-4-2-5-10-20)26-22(15-17-25(26)34)27(31)28(35)21-11-6-3-7-12-21/h2-18,22-23,26-27H,19H2,1H3/b16-14+/t22-,23-,26+,27-,31-/m1/s1. The summed E-state index contributed by atoms with van der Waals surface area (Å²) in [4.78, 5) is 48.3. The molecule has 2 aliphatic carbocycles. The van der Waals surface area contributed by atoms with Crippen LogP contribution in [0.2, 0.25) is 0 Å². The number of rotatable bonds is 6. The highest BCUT2D eigenvalue weighted by Gasteiger charge is 2.71. The molecule has 3 aliphatic rings. The third kappa shape index (κ3) is 3.36. The molecular formula is C31H26N2O4. The number of fused-ring (bicyclic) bond motifs is 3. The summed E-state index contributed by atoms with van der Waals surface area (Å²) in [6.07, 6.45) is 8.96. The van der Waals surface area contributed by atoms with Crippen molar-refractivity contribution in [2.75, 3.05) is 18.7 Å². The molecule has 2 aromatic carbocycles. The van der Waals surface area contributed by atoms with Gasteiger partial charge in [0.2, 0.25) is 5.91 Å². The van der Waals surface area contributed by atoms with Crippen molar-refractivity contribution in [1.82, 2.24) is 4.98 Å². The Labute approximate surface area is 215 Å². The predicted octanol–water partition coefficient (Wildman–Crippen LogP) is 4.48. The molecule has 1 fully saturated rings. The number of methoxy groups -OCH3 is 1. The number of ether oxygens (including phenoxy) is 1. The van der Waals surface area contributed by atoms with Gasteiger partial charge in [-0.2, -0.15) is 0 Å². The van der Waals surface area contributed by atoms with Gasteiger partial charge in [0.1, 0.15) is 12.5 Å². The van der Waals surface area contributed by atoms with Crippen LogP contribution < -0.4 is 4.90 Å². The zero-order chi connectivity index (χ0) is 25.6. The molecule has 6 nitrogen and oxygen atoms in total. The average Bonchev–Trinajstić information content (AvgIpc) is 3.53. The third-order valence-electron chi connectivity index (χ3n) is 8.00. The Morgan fingerprint density at radius 3 is 2.49 bits per heavy atom. The first kappa shape index (κ1) is 23.3. The fraction of sp³-hybridized carbons (Fsp3) is 0.226. The number of aromatic nitrogens is 1. The molecule has 1 aromatic heterocycles. The lowest BCUT2D eigenvalue weighted by atomic mass is 9.64. The number of pyridine rings is 1. The number of ketones is 2. The lowest BCUT2D eigenvalue weighted by molar-refractivity contribution is -0.126. The van der Waals surface area contributed by atoms with E-state index in [4.69, 9.17) is 4.74 Å². The molecule has 0 N–H and O–H groups in total. The summed E-state index contributed by atoms with van der Waals surface area (Å²) >= 11 is 0. The van der Waals surface area contributed by atoms with Crippen molar-refractivity contribution in [2.45, 2.75) is 5.41 Å². The van der Waals surface area contributed by atoms with Crippen molar-refractivity contribution in [3.05, 3.63) is 114 Å². The molecule has 0 unspecified atom stereocenters. The first-order valence-corrected chi connectivity index (χ1v) is 12.4. The fourth-order valence-electron chi connectivity index (χ4n) is 6.61. The van der Waals surface area contributed by atoms with Gasteiger partial charge in [-0.15, -0.1) is 0 Å². The van der Waals surface area contributed by atoms with Crippen LogP contribution in [0.15, 0.2) is 97.2 Å². The number of allylic oxidation sites excluding steroid dienone is 3. The fourth-order valence-corrected chi connectivity index (χ4v) is 6.61.